The van der Waals surface area contributed by atoms with Crippen LogP contribution in [0.3, 0.4) is 0 Å². The molecule has 1 aromatic carbocycles. The van der Waals surface area contributed by atoms with Gasteiger partial charge in [-0.1, -0.05) is 18.2 Å². The molecule has 2 aromatic rings. The second-order valence-electron chi connectivity index (χ2n) is 4.46. The molecule has 0 atom stereocenters. The van der Waals surface area contributed by atoms with E-state index in [1.54, 1.807) is 11.8 Å². The van der Waals surface area contributed by atoms with Gasteiger partial charge in [-0.2, -0.15) is 0 Å². The molecule has 0 bridgehead atoms. The van der Waals surface area contributed by atoms with Gasteiger partial charge in [0.25, 0.3) is 0 Å². The van der Waals surface area contributed by atoms with Crippen molar-refractivity contribution in [2.45, 2.75) is 17.9 Å². The van der Waals surface area contributed by atoms with Crippen LogP contribution in [-0.4, -0.2) is 17.8 Å². The van der Waals surface area contributed by atoms with E-state index < -0.39 is 0 Å². The molecule has 92 valence electrons. The molecule has 0 saturated carbocycles. The van der Waals surface area contributed by atoms with Crippen LogP contribution in [0.2, 0.25) is 0 Å². The van der Waals surface area contributed by atoms with Gasteiger partial charge in [0.05, 0.1) is 5.69 Å². The first-order valence-electron chi connectivity index (χ1n) is 6.21. The topological polar surface area (TPSA) is 24.9 Å². The zero-order chi connectivity index (χ0) is 12.4. The van der Waals surface area contributed by atoms with Crippen molar-refractivity contribution < 1.29 is 0 Å². The van der Waals surface area contributed by atoms with Crippen molar-refractivity contribution in [3.05, 3.63) is 47.7 Å². The predicted octanol–water partition coefficient (Wildman–Crippen LogP) is 3.12. The van der Waals surface area contributed by atoms with Crippen molar-refractivity contribution in [3.63, 3.8) is 0 Å². The predicted molar refractivity (Wildman–Crippen MR) is 76.9 cm³/mol. The van der Waals surface area contributed by atoms with E-state index in [1.807, 2.05) is 0 Å². The molecule has 0 amide bonds. The zero-order valence-corrected chi connectivity index (χ0v) is 11.3. The number of nitrogens with zero attached hydrogens (tertiary/aromatic N) is 1. The van der Waals surface area contributed by atoms with Crippen molar-refractivity contribution in [2.24, 2.45) is 0 Å². The lowest BCUT2D eigenvalue weighted by Gasteiger charge is -2.16. The Morgan fingerprint density at radius 1 is 1.11 bits per heavy atom. The van der Waals surface area contributed by atoms with E-state index in [4.69, 9.17) is 4.98 Å². The third-order valence-corrected chi connectivity index (χ3v) is 4.05. The Kier molecular flexibility index (Phi) is 3.35. The molecule has 18 heavy (non-hydrogen) atoms. The van der Waals surface area contributed by atoms with E-state index in [0.29, 0.717) is 0 Å². The molecular formula is C15H16N2S. The lowest BCUT2D eigenvalue weighted by Crippen LogP contribution is -2.24. The summed E-state index contributed by atoms with van der Waals surface area (Å²) in [5, 5.41) is 3.37. The van der Waals surface area contributed by atoms with Crippen LogP contribution in [0.5, 0.6) is 0 Å². The second kappa shape index (κ2) is 5.12. The van der Waals surface area contributed by atoms with Crippen molar-refractivity contribution in [2.75, 3.05) is 12.8 Å². The molecule has 3 heteroatoms. The van der Waals surface area contributed by atoms with Crippen LogP contribution in [0, 0.1) is 0 Å². The van der Waals surface area contributed by atoms with Gasteiger partial charge in [-0.05, 0) is 30.0 Å². The summed E-state index contributed by atoms with van der Waals surface area (Å²) in [4.78, 5) is 6.08. The van der Waals surface area contributed by atoms with Crippen LogP contribution in [0.4, 0.5) is 0 Å². The van der Waals surface area contributed by atoms with Crippen molar-refractivity contribution >= 4 is 11.8 Å². The summed E-state index contributed by atoms with van der Waals surface area (Å²) in [5.41, 5.74) is 4.88. The highest BCUT2D eigenvalue weighted by atomic mass is 32.2. The number of pyridine rings is 1. The van der Waals surface area contributed by atoms with Gasteiger partial charge in [0, 0.05) is 35.7 Å². The Morgan fingerprint density at radius 2 is 1.94 bits per heavy atom. The second-order valence-corrected chi connectivity index (χ2v) is 5.34. The smallest absolute Gasteiger partial charge is 0.0705 e. The Hall–Kier alpha value is -1.32. The summed E-state index contributed by atoms with van der Waals surface area (Å²) in [5.74, 6) is 0. The SMILES string of the molecule is CSc1ccc(-c2ccc3c(n2)CCNC3)cc1. The van der Waals surface area contributed by atoms with Crippen LogP contribution >= 0.6 is 11.8 Å². The minimum absolute atomic E-state index is 0.952. The molecule has 2 heterocycles. The molecule has 1 aliphatic heterocycles. The molecule has 1 aromatic heterocycles. The van der Waals surface area contributed by atoms with Crippen LogP contribution < -0.4 is 5.32 Å². The molecule has 0 saturated heterocycles. The molecule has 1 aliphatic rings. The highest BCUT2D eigenvalue weighted by Crippen LogP contribution is 2.23. The first kappa shape index (κ1) is 11.8. The highest BCUT2D eigenvalue weighted by molar-refractivity contribution is 7.98. The third-order valence-electron chi connectivity index (χ3n) is 3.31. The average molecular weight is 256 g/mol. The van der Waals surface area contributed by atoms with Crippen LogP contribution in [0.25, 0.3) is 11.3 Å². The number of rotatable bonds is 2. The van der Waals surface area contributed by atoms with Gasteiger partial charge in [0.15, 0.2) is 0 Å². The van der Waals surface area contributed by atoms with Crippen LogP contribution in [-0.2, 0) is 13.0 Å². The number of benzene rings is 1. The van der Waals surface area contributed by atoms with Crippen molar-refractivity contribution in [1.29, 1.82) is 0 Å². The fourth-order valence-electron chi connectivity index (χ4n) is 2.26. The number of hydrogen-bond donors (Lipinski definition) is 1. The molecule has 0 aliphatic carbocycles. The number of hydrogen-bond acceptors (Lipinski definition) is 3. The van der Waals surface area contributed by atoms with Gasteiger partial charge in [0.2, 0.25) is 0 Å². The number of aromatic nitrogens is 1. The van der Waals surface area contributed by atoms with Crippen molar-refractivity contribution in [3.8, 4) is 11.3 Å². The Labute approximate surface area is 112 Å². The molecule has 0 spiro atoms. The third kappa shape index (κ3) is 2.28. The maximum Gasteiger partial charge on any atom is 0.0705 e. The van der Waals surface area contributed by atoms with E-state index in [9.17, 15) is 0 Å². The highest BCUT2D eigenvalue weighted by Gasteiger charge is 2.11. The average Bonchev–Trinajstić information content (AvgIpc) is 2.47. The van der Waals surface area contributed by atoms with Gasteiger partial charge >= 0.3 is 0 Å². The van der Waals surface area contributed by atoms with Gasteiger partial charge in [0.1, 0.15) is 0 Å². The maximum atomic E-state index is 4.79. The van der Waals surface area contributed by atoms with E-state index >= 15 is 0 Å². The Balaban J connectivity index is 1.95. The Morgan fingerprint density at radius 3 is 2.72 bits per heavy atom. The quantitative estimate of drug-likeness (QED) is 0.836. The largest absolute Gasteiger partial charge is 0.312 e. The lowest BCUT2D eigenvalue weighted by atomic mass is 10.0. The number of thioether (sulfide) groups is 1. The summed E-state index contributed by atoms with van der Waals surface area (Å²) < 4.78 is 0. The minimum Gasteiger partial charge on any atom is -0.312 e. The minimum atomic E-state index is 0.952. The molecule has 3 rings (SSSR count). The first-order valence-corrected chi connectivity index (χ1v) is 7.43. The van der Waals surface area contributed by atoms with E-state index in [0.717, 1.165) is 25.2 Å². The summed E-state index contributed by atoms with van der Waals surface area (Å²) in [7, 11) is 0. The lowest BCUT2D eigenvalue weighted by molar-refractivity contribution is 0.631. The normalized spacial score (nSPS) is 14.3. The van der Waals surface area contributed by atoms with Gasteiger partial charge < -0.3 is 5.32 Å². The molecule has 0 unspecified atom stereocenters. The molecule has 2 nitrogen and oxygen atoms in total. The monoisotopic (exact) mass is 256 g/mol. The van der Waals surface area contributed by atoms with Gasteiger partial charge in [-0.3, -0.25) is 4.98 Å². The summed E-state index contributed by atoms with van der Waals surface area (Å²) in [6.45, 7) is 1.99. The maximum absolute atomic E-state index is 4.79. The van der Waals surface area contributed by atoms with Crippen molar-refractivity contribution in [1.82, 2.24) is 10.3 Å². The Bertz CT molecular complexity index is 549. The fourth-order valence-corrected chi connectivity index (χ4v) is 2.67. The van der Waals surface area contributed by atoms with E-state index in [-0.39, 0.29) is 0 Å². The summed E-state index contributed by atoms with van der Waals surface area (Å²) in [6, 6.07) is 12.9. The molecule has 0 fully saturated rings. The molecular weight excluding hydrogens is 240 g/mol. The van der Waals surface area contributed by atoms with Gasteiger partial charge in [-0.25, -0.2) is 0 Å². The van der Waals surface area contributed by atoms with Gasteiger partial charge in [-0.15, -0.1) is 11.8 Å². The van der Waals surface area contributed by atoms with Crippen LogP contribution in [0.1, 0.15) is 11.3 Å². The molecule has 0 radical (unpaired) electrons. The van der Waals surface area contributed by atoms with E-state index in [2.05, 4.69) is 48.0 Å². The summed E-state index contributed by atoms with van der Waals surface area (Å²) in [6.07, 6.45) is 3.13. The zero-order valence-electron chi connectivity index (χ0n) is 10.4. The van der Waals surface area contributed by atoms with E-state index in [1.165, 1.54) is 21.7 Å². The summed E-state index contributed by atoms with van der Waals surface area (Å²) >= 11 is 1.77. The fraction of sp³-hybridized carbons (Fsp3) is 0.267. The number of fused-ring (bicyclic) bond motifs is 1. The number of nitrogens with one attached hydrogen (secondary N) is 1. The first-order chi connectivity index (χ1) is 8.86. The standard InChI is InChI=1S/C15H16N2S/c1-18-13-5-2-11(3-6-13)14-7-4-12-10-16-9-8-15(12)17-14/h2-7,16H,8-10H2,1H3. The molecule has 1 N–H and O–H groups in total. The van der Waals surface area contributed by atoms with Crippen LogP contribution in [0.15, 0.2) is 41.3 Å².